The molecule has 0 fully saturated rings. The number of halogens is 2. The molecule has 1 atom stereocenters. The summed E-state index contributed by atoms with van der Waals surface area (Å²) >= 11 is 5.65. The Kier molecular flexibility index (Phi) is 7.26. The van der Waals surface area contributed by atoms with Crippen molar-refractivity contribution in [2.75, 3.05) is 13.2 Å². The number of rotatable bonds is 7. The fourth-order valence-corrected chi connectivity index (χ4v) is 1.91. The summed E-state index contributed by atoms with van der Waals surface area (Å²) in [5.41, 5.74) is 0.661. The molecule has 20 heavy (non-hydrogen) atoms. The van der Waals surface area contributed by atoms with Crippen molar-refractivity contribution in [2.45, 2.75) is 19.8 Å². The van der Waals surface area contributed by atoms with Gasteiger partial charge in [-0.3, -0.25) is 4.79 Å². The van der Waals surface area contributed by atoms with E-state index in [1.165, 1.54) is 18.2 Å². The zero-order valence-corrected chi connectivity index (χ0v) is 12.2. The highest BCUT2D eigenvalue weighted by atomic mass is 35.5. The molecule has 0 spiro atoms. The Morgan fingerprint density at radius 3 is 2.90 bits per heavy atom. The molecular formula is C15H19ClFNO2. The molecule has 0 heterocycles. The van der Waals surface area contributed by atoms with Crippen LogP contribution in [0.2, 0.25) is 5.02 Å². The van der Waals surface area contributed by atoms with Gasteiger partial charge in [-0.25, -0.2) is 4.39 Å². The lowest BCUT2D eigenvalue weighted by molar-refractivity contribution is -0.116. The van der Waals surface area contributed by atoms with Crippen molar-refractivity contribution in [2.24, 2.45) is 5.92 Å². The predicted octanol–water partition coefficient (Wildman–Crippen LogP) is 3.02. The van der Waals surface area contributed by atoms with E-state index in [1.807, 2.05) is 6.92 Å². The normalized spacial score (nSPS) is 12.6. The molecule has 0 aliphatic carbocycles. The molecule has 1 amide bonds. The van der Waals surface area contributed by atoms with Crippen molar-refractivity contribution >= 4 is 23.6 Å². The minimum absolute atomic E-state index is 0.0292. The van der Waals surface area contributed by atoms with E-state index in [1.54, 1.807) is 12.1 Å². The molecule has 0 aliphatic rings. The van der Waals surface area contributed by atoms with Crippen LogP contribution in [0, 0.1) is 11.7 Å². The maximum absolute atomic E-state index is 13.0. The number of nitrogens with one attached hydrogen (secondary N) is 1. The van der Waals surface area contributed by atoms with E-state index in [4.69, 9.17) is 16.7 Å². The van der Waals surface area contributed by atoms with Gasteiger partial charge in [0.05, 0.1) is 5.02 Å². The van der Waals surface area contributed by atoms with E-state index < -0.39 is 5.82 Å². The minimum Gasteiger partial charge on any atom is -0.396 e. The molecule has 1 rings (SSSR count). The fraction of sp³-hybridized carbons (Fsp3) is 0.400. The Morgan fingerprint density at radius 1 is 1.55 bits per heavy atom. The lowest BCUT2D eigenvalue weighted by atomic mass is 10.0. The molecule has 0 saturated carbocycles. The Bertz CT molecular complexity index is 477. The summed E-state index contributed by atoms with van der Waals surface area (Å²) in [6.45, 7) is 2.67. The Balaban J connectivity index is 2.48. The van der Waals surface area contributed by atoms with E-state index >= 15 is 0 Å². The van der Waals surface area contributed by atoms with Gasteiger partial charge in [0.15, 0.2) is 0 Å². The Hall–Kier alpha value is -1.39. The maximum Gasteiger partial charge on any atom is 0.244 e. The van der Waals surface area contributed by atoms with Crippen LogP contribution >= 0.6 is 11.6 Å². The molecule has 0 radical (unpaired) electrons. The monoisotopic (exact) mass is 299 g/mol. The van der Waals surface area contributed by atoms with Gasteiger partial charge in [-0.1, -0.05) is 31.0 Å². The number of carbonyl (C=O) groups is 1. The smallest absolute Gasteiger partial charge is 0.244 e. The van der Waals surface area contributed by atoms with Crippen LogP contribution in [0.4, 0.5) is 4.39 Å². The number of aliphatic hydroxyl groups excluding tert-OH is 1. The third-order valence-corrected chi connectivity index (χ3v) is 3.34. The first-order chi connectivity index (χ1) is 9.56. The summed E-state index contributed by atoms with van der Waals surface area (Å²) in [6, 6.07) is 4.27. The van der Waals surface area contributed by atoms with Crippen LogP contribution in [0.25, 0.3) is 6.08 Å². The van der Waals surface area contributed by atoms with E-state index in [9.17, 15) is 9.18 Å². The quantitative estimate of drug-likeness (QED) is 0.760. The second kappa shape index (κ2) is 8.72. The topological polar surface area (TPSA) is 49.3 Å². The van der Waals surface area contributed by atoms with Crippen molar-refractivity contribution in [1.29, 1.82) is 0 Å². The van der Waals surface area contributed by atoms with Crippen LogP contribution in [0.5, 0.6) is 0 Å². The highest BCUT2D eigenvalue weighted by molar-refractivity contribution is 6.30. The van der Waals surface area contributed by atoms with Gasteiger partial charge < -0.3 is 10.4 Å². The van der Waals surface area contributed by atoms with Gasteiger partial charge >= 0.3 is 0 Å². The van der Waals surface area contributed by atoms with E-state index in [0.29, 0.717) is 18.5 Å². The molecule has 3 nitrogen and oxygen atoms in total. The molecule has 110 valence electrons. The van der Waals surface area contributed by atoms with Gasteiger partial charge in [-0.05, 0) is 36.1 Å². The van der Waals surface area contributed by atoms with Crippen LogP contribution in [0.15, 0.2) is 24.3 Å². The van der Waals surface area contributed by atoms with Crippen LogP contribution in [-0.2, 0) is 4.79 Å². The minimum atomic E-state index is -0.483. The van der Waals surface area contributed by atoms with Crippen molar-refractivity contribution in [1.82, 2.24) is 5.32 Å². The highest BCUT2D eigenvalue weighted by Gasteiger charge is 2.06. The molecule has 1 aromatic carbocycles. The van der Waals surface area contributed by atoms with Gasteiger partial charge in [0.1, 0.15) is 5.82 Å². The zero-order valence-electron chi connectivity index (χ0n) is 11.4. The first kappa shape index (κ1) is 16.7. The Labute approximate surface area is 123 Å². The zero-order chi connectivity index (χ0) is 15.0. The van der Waals surface area contributed by atoms with E-state index in [-0.39, 0.29) is 23.5 Å². The standard InChI is InChI=1S/C15H19ClFNO2/c1-2-11(7-8-19)10-18-15(20)6-4-12-3-5-14(17)13(16)9-12/h3-6,9,11,19H,2,7-8,10H2,1H3,(H,18,20)/b6-4+. The fourth-order valence-electron chi connectivity index (χ4n) is 1.72. The summed E-state index contributed by atoms with van der Waals surface area (Å²) < 4.78 is 13.0. The molecule has 0 aromatic heterocycles. The summed E-state index contributed by atoms with van der Waals surface area (Å²) in [5.74, 6) is -0.428. The molecule has 1 aromatic rings. The van der Waals surface area contributed by atoms with Crippen molar-refractivity contribution < 1.29 is 14.3 Å². The predicted molar refractivity (Wildman–Crippen MR) is 78.9 cm³/mol. The van der Waals surface area contributed by atoms with E-state index in [0.717, 1.165) is 6.42 Å². The molecule has 2 N–H and O–H groups in total. The first-order valence-corrected chi connectivity index (χ1v) is 6.96. The van der Waals surface area contributed by atoms with Gasteiger partial charge in [0.2, 0.25) is 5.91 Å². The third kappa shape index (κ3) is 5.72. The summed E-state index contributed by atoms with van der Waals surface area (Å²) in [7, 11) is 0. The summed E-state index contributed by atoms with van der Waals surface area (Å²) in [5, 5.41) is 11.7. The lowest BCUT2D eigenvalue weighted by Crippen LogP contribution is -2.28. The molecule has 5 heteroatoms. The number of aliphatic hydroxyl groups is 1. The molecular weight excluding hydrogens is 281 g/mol. The van der Waals surface area contributed by atoms with Crippen LogP contribution in [-0.4, -0.2) is 24.2 Å². The number of benzene rings is 1. The average Bonchev–Trinajstić information content (AvgIpc) is 2.44. The second-order valence-electron chi connectivity index (χ2n) is 4.54. The summed E-state index contributed by atoms with van der Waals surface area (Å²) in [6.07, 6.45) is 4.54. The van der Waals surface area contributed by atoms with Crippen molar-refractivity contribution in [3.63, 3.8) is 0 Å². The Morgan fingerprint density at radius 2 is 2.30 bits per heavy atom. The van der Waals surface area contributed by atoms with Gasteiger partial charge in [-0.15, -0.1) is 0 Å². The maximum atomic E-state index is 13.0. The van der Waals surface area contributed by atoms with Gasteiger partial charge in [0.25, 0.3) is 0 Å². The third-order valence-electron chi connectivity index (χ3n) is 3.05. The molecule has 0 saturated heterocycles. The molecule has 0 aliphatic heterocycles. The SMILES string of the molecule is CCC(CCO)CNC(=O)/C=C/c1ccc(F)c(Cl)c1. The summed E-state index contributed by atoms with van der Waals surface area (Å²) in [4.78, 5) is 11.6. The first-order valence-electron chi connectivity index (χ1n) is 6.58. The number of carbonyl (C=O) groups excluding carboxylic acids is 1. The number of hydrogen-bond donors (Lipinski definition) is 2. The number of amides is 1. The molecule has 0 bridgehead atoms. The van der Waals surface area contributed by atoms with Gasteiger partial charge in [0, 0.05) is 19.2 Å². The largest absolute Gasteiger partial charge is 0.396 e. The molecule has 1 unspecified atom stereocenters. The van der Waals surface area contributed by atoms with Gasteiger partial charge in [-0.2, -0.15) is 0 Å². The van der Waals surface area contributed by atoms with Crippen molar-refractivity contribution in [3.8, 4) is 0 Å². The second-order valence-corrected chi connectivity index (χ2v) is 4.95. The van der Waals surface area contributed by atoms with Crippen molar-refractivity contribution in [3.05, 3.63) is 40.7 Å². The van der Waals surface area contributed by atoms with Crippen LogP contribution < -0.4 is 5.32 Å². The van der Waals surface area contributed by atoms with Crippen LogP contribution in [0.1, 0.15) is 25.3 Å². The van der Waals surface area contributed by atoms with E-state index in [2.05, 4.69) is 5.32 Å². The lowest BCUT2D eigenvalue weighted by Gasteiger charge is -2.13. The number of hydrogen-bond acceptors (Lipinski definition) is 2. The van der Waals surface area contributed by atoms with Crippen LogP contribution in [0.3, 0.4) is 0 Å². The average molecular weight is 300 g/mol. The highest BCUT2D eigenvalue weighted by Crippen LogP contribution is 2.16.